The number of carbonyl (C=O) groups is 3. The minimum absolute atomic E-state index is 0.0417. The lowest BCUT2D eigenvalue weighted by Gasteiger charge is -2.28. The van der Waals surface area contributed by atoms with Crippen molar-refractivity contribution >= 4 is 74.8 Å². The zero-order valence-corrected chi connectivity index (χ0v) is 25.2. The van der Waals surface area contributed by atoms with Crippen LogP contribution in [0.1, 0.15) is 25.0 Å². The van der Waals surface area contributed by atoms with Crippen LogP contribution in [0.2, 0.25) is 0 Å². The lowest BCUT2D eigenvalue weighted by molar-refractivity contribution is -0.122. The fourth-order valence-electron chi connectivity index (χ4n) is 3.81. The number of rotatable bonds is 9. The van der Waals surface area contributed by atoms with E-state index in [1.165, 1.54) is 18.2 Å². The van der Waals surface area contributed by atoms with Crippen LogP contribution in [-0.4, -0.2) is 31.1 Å². The average Bonchev–Trinajstić information content (AvgIpc) is 2.88. The summed E-state index contributed by atoms with van der Waals surface area (Å²) in [4.78, 5) is 39.9. The van der Waals surface area contributed by atoms with Gasteiger partial charge in [-0.2, -0.15) is 0 Å². The van der Waals surface area contributed by atoms with Gasteiger partial charge in [-0.3, -0.25) is 14.9 Å². The van der Waals surface area contributed by atoms with Crippen LogP contribution in [0, 0.1) is 13.0 Å². The van der Waals surface area contributed by atoms with Crippen molar-refractivity contribution in [3.8, 4) is 17.2 Å². The van der Waals surface area contributed by atoms with Crippen molar-refractivity contribution in [2.75, 3.05) is 18.1 Å². The predicted molar refractivity (Wildman–Crippen MR) is 160 cm³/mol. The van der Waals surface area contributed by atoms with Gasteiger partial charge in [-0.1, -0.05) is 18.2 Å². The number of halogens is 3. The normalized spacial score (nSPS) is 14.4. The predicted octanol–water partition coefficient (Wildman–Crippen LogP) is 6.08. The van der Waals surface area contributed by atoms with Crippen LogP contribution in [0.25, 0.3) is 6.08 Å². The van der Waals surface area contributed by atoms with E-state index in [1.54, 1.807) is 49.4 Å². The Morgan fingerprint density at radius 2 is 1.62 bits per heavy atom. The Kier molecular flexibility index (Phi) is 9.43. The highest BCUT2D eigenvalue weighted by Crippen LogP contribution is 2.36. The summed E-state index contributed by atoms with van der Waals surface area (Å²) in [5.74, 6) is -0.697. The molecule has 1 fully saturated rings. The highest BCUT2D eigenvalue weighted by molar-refractivity contribution is 14.1. The second-order valence-electron chi connectivity index (χ2n) is 8.15. The molecule has 1 aliphatic heterocycles. The van der Waals surface area contributed by atoms with Gasteiger partial charge >= 0.3 is 6.03 Å². The Bertz CT molecular complexity index is 1450. The summed E-state index contributed by atoms with van der Waals surface area (Å²) in [7, 11) is 0. The van der Waals surface area contributed by atoms with Crippen molar-refractivity contribution < 1.29 is 33.0 Å². The average molecular weight is 756 g/mol. The first-order valence-corrected chi connectivity index (χ1v) is 14.1. The third kappa shape index (κ3) is 6.52. The second-order valence-corrected chi connectivity index (χ2v) is 10.5. The molecule has 3 aromatic rings. The summed E-state index contributed by atoms with van der Waals surface area (Å²) >= 11 is 4.15. The van der Waals surface area contributed by atoms with Gasteiger partial charge in [0.05, 0.1) is 26.0 Å². The number of hydrogen-bond acceptors (Lipinski definition) is 6. The molecule has 1 heterocycles. The Morgan fingerprint density at radius 3 is 2.28 bits per heavy atom. The third-order valence-corrected chi connectivity index (χ3v) is 7.15. The minimum Gasteiger partial charge on any atom is -0.494 e. The monoisotopic (exact) mass is 756 g/mol. The van der Waals surface area contributed by atoms with Gasteiger partial charge in [0.1, 0.15) is 35.2 Å². The van der Waals surface area contributed by atoms with E-state index in [1.807, 2.05) is 6.92 Å². The van der Waals surface area contributed by atoms with Crippen molar-refractivity contribution in [3.63, 3.8) is 0 Å². The quantitative estimate of drug-likeness (QED) is 0.162. The number of carbonyl (C=O) groups excluding carboxylic acids is 3. The number of imide groups is 2. The lowest BCUT2D eigenvalue weighted by Crippen LogP contribution is -2.54. The molecule has 11 heteroatoms. The number of ether oxygens (including phenoxy) is 3. The molecular formula is C28H23FI2N2O6. The zero-order valence-electron chi connectivity index (χ0n) is 20.9. The van der Waals surface area contributed by atoms with Crippen molar-refractivity contribution in [2.45, 2.75) is 20.5 Å². The van der Waals surface area contributed by atoms with Gasteiger partial charge in [-0.25, -0.2) is 14.1 Å². The van der Waals surface area contributed by atoms with E-state index in [9.17, 15) is 18.8 Å². The molecule has 0 aromatic heterocycles. The molecule has 4 amide bonds. The van der Waals surface area contributed by atoms with Crippen LogP contribution < -0.4 is 24.4 Å². The van der Waals surface area contributed by atoms with Gasteiger partial charge in [0.2, 0.25) is 0 Å². The van der Waals surface area contributed by atoms with Crippen LogP contribution in [0.5, 0.6) is 17.2 Å². The van der Waals surface area contributed by atoms with Crippen LogP contribution in [-0.2, 0) is 16.2 Å². The van der Waals surface area contributed by atoms with Gasteiger partial charge in [-0.05, 0) is 101 Å². The Balaban J connectivity index is 1.66. The summed E-state index contributed by atoms with van der Waals surface area (Å²) in [6.07, 6.45) is 1.41. The molecule has 202 valence electrons. The van der Waals surface area contributed by atoms with Crippen molar-refractivity contribution in [1.29, 1.82) is 0 Å². The smallest absolute Gasteiger partial charge is 0.336 e. The maximum atomic E-state index is 14.0. The summed E-state index contributed by atoms with van der Waals surface area (Å²) in [6, 6.07) is 13.7. The molecule has 0 bridgehead atoms. The summed E-state index contributed by atoms with van der Waals surface area (Å²) in [5.41, 5.74) is 0.891. The molecular weight excluding hydrogens is 733 g/mol. The fraction of sp³-hybridized carbons (Fsp3) is 0.179. The first-order valence-electron chi connectivity index (χ1n) is 11.9. The van der Waals surface area contributed by atoms with E-state index in [4.69, 9.17) is 14.2 Å². The number of hydrogen-bond donors (Lipinski definition) is 1. The topological polar surface area (TPSA) is 94.2 Å². The summed E-state index contributed by atoms with van der Waals surface area (Å²) < 4.78 is 32.4. The van der Waals surface area contributed by atoms with E-state index in [2.05, 4.69) is 50.5 Å². The maximum Gasteiger partial charge on any atom is 0.336 e. The zero-order chi connectivity index (χ0) is 28.1. The fourth-order valence-corrected chi connectivity index (χ4v) is 5.94. The molecule has 0 saturated carbocycles. The number of nitrogens with one attached hydrogen (secondary N) is 1. The number of amides is 4. The maximum absolute atomic E-state index is 14.0. The molecule has 0 aliphatic carbocycles. The number of anilines is 1. The van der Waals surface area contributed by atoms with Crippen LogP contribution in [0.3, 0.4) is 0 Å². The molecule has 3 aromatic carbocycles. The van der Waals surface area contributed by atoms with Crippen molar-refractivity contribution in [3.05, 3.63) is 84.3 Å². The molecule has 0 radical (unpaired) electrons. The number of urea groups is 1. The van der Waals surface area contributed by atoms with E-state index < -0.39 is 17.8 Å². The number of barbiturate groups is 1. The minimum atomic E-state index is -0.891. The van der Waals surface area contributed by atoms with Gasteiger partial charge < -0.3 is 14.2 Å². The van der Waals surface area contributed by atoms with Crippen LogP contribution in [0.4, 0.5) is 14.9 Å². The molecule has 4 rings (SSSR count). The molecule has 0 unspecified atom stereocenters. The van der Waals surface area contributed by atoms with Gasteiger partial charge in [0.15, 0.2) is 0 Å². The standard InChI is InChI=1S/C28H23FI2N2O6/c1-3-37-18-9-10-24(38-4-2)23(14-18)33-27(35)19(26(34)32-28(33)36)11-16-12-21(30)25(22(31)13-16)39-15-17-7-5-6-8-20(17)29/h5-14H,3-4,15H2,1-2H3,(H,32,34,36)/b19-11+. The molecule has 39 heavy (non-hydrogen) atoms. The molecule has 1 N–H and O–H groups in total. The van der Waals surface area contributed by atoms with Crippen LogP contribution in [0.15, 0.2) is 60.2 Å². The summed E-state index contributed by atoms with van der Waals surface area (Å²) in [5, 5.41) is 2.23. The largest absolute Gasteiger partial charge is 0.494 e. The Morgan fingerprint density at radius 1 is 0.923 bits per heavy atom. The third-order valence-electron chi connectivity index (χ3n) is 5.55. The molecule has 1 aliphatic rings. The van der Waals surface area contributed by atoms with Crippen molar-refractivity contribution in [1.82, 2.24) is 5.32 Å². The summed E-state index contributed by atoms with van der Waals surface area (Å²) in [6.45, 7) is 4.32. The Labute approximate surface area is 251 Å². The second kappa shape index (κ2) is 12.8. The molecule has 0 spiro atoms. The van der Waals surface area contributed by atoms with Gasteiger partial charge in [0.25, 0.3) is 11.8 Å². The first-order chi connectivity index (χ1) is 18.7. The molecule has 8 nitrogen and oxygen atoms in total. The van der Waals surface area contributed by atoms with E-state index in [-0.39, 0.29) is 23.7 Å². The highest BCUT2D eigenvalue weighted by atomic mass is 127. The molecule has 0 atom stereocenters. The van der Waals surface area contributed by atoms with Gasteiger partial charge in [0, 0.05) is 11.6 Å². The van der Waals surface area contributed by atoms with E-state index >= 15 is 0 Å². The lowest BCUT2D eigenvalue weighted by atomic mass is 10.1. The van der Waals surface area contributed by atoms with E-state index in [0.29, 0.717) is 48.7 Å². The van der Waals surface area contributed by atoms with Gasteiger partial charge in [-0.15, -0.1) is 0 Å². The first kappa shape index (κ1) is 28.8. The SMILES string of the molecule is CCOc1ccc(OCC)c(N2C(=O)NC(=O)/C(=C\c3cc(I)c(OCc4ccccc4F)c(I)c3)C2=O)c1. The Hall–Kier alpha value is -3.20. The number of nitrogens with zero attached hydrogens (tertiary/aromatic N) is 1. The van der Waals surface area contributed by atoms with Crippen molar-refractivity contribution in [2.24, 2.45) is 0 Å². The highest BCUT2D eigenvalue weighted by Gasteiger charge is 2.38. The van der Waals surface area contributed by atoms with E-state index in [0.717, 1.165) is 4.90 Å². The molecule has 1 saturated heterocycles. The number of benzene rings is 3. The van der Waals surface area contributed by atoms with Crippen LogP contribution >= 0.6 is 45.2 Å².